The van der Waals surface area contributed by atoms with Crippen molar-refractivity contribution in [2.24, 2.45) is 0 Å². The third-order valence-corrected chi connectivity index (χ3v) is 8.50. The van der Waals surface area contributed by atoms with Gasteiger partial charge in [-0.15, -0.1) is 0 Å². The number of nitrogen functional groups attached to an aromatic ring is 1. The summed E-state index contributed by atoms with van der Waals surface area (Å²) in [4.78, 5) is 44.5. The smallest absolute Gasteiger partial charge is 0.490 e. The molecular weight excluding hydrogens is 521 g/mol. The number of nitrogens with two attached hydrogens (primary N) is 1. The van der Waals surface area contributed by atoms with E-state index in [1.165, 1.54) is 11.3 Å². The molecule has 2 unspecified atom stereocenters. The Morgan fingerprint density at radius 1 is 1.13 bits per heavy atom. The molecule has 0 aromatic carbocycles. The van der Waals surface area contributed by atoms with Gasteiger partial charge in [0, 0.05) is 19.5 Å². The molecule has 0 saturated carbocycles. The number of aryl methyl sites for hydroxylation is 1. The van der Waals surface area contributed by atoms with Gasteiger partial charge in [0.05, 0.1) is 17.0 Å². The van der Waals surface area contributed by atoms with E-state index in [0.29, 0.717) is 23.8 Å². The first kappa shape index (κ1) is 28.2. The van der Waals surface area contributed by atoms with Crippen LogP contribution in [0.1, 0.15) is 22.0 Å². The Hall–Kier alpha value is -0.790. The molecule has 0 aliphatic heterocycles. The monoisotopic (exact) mass is 540 g/mol. The maximum Gasteiger partial charge on any atom is 0.490 e. The van der Waals surface area contributed by atoms with Crippen LogP contribution in [0.4, 0.5) is 5.82 Å². The number of phosphoric acid groups is 3. The lowest BCUT2D eigenvalue weighted by molar-refractivity contribution is -0.689. The van der Waals surface area contributed by atoms with Crippen molar-refractivity contribution in [3.05, 3.63) is 33.7 Å². The Morgan fingerprint density at radius 2 is 1.77 bits per heavy atom. The second-order valence-corrected chi connectivity index (χ2v) is 11.2. The average Bonchev–Trinajstić information content (AvgIpc) is 2.87. The van der Waals surface area contributed by atoms with Crippen molar-refractivity contribution in [2.75, 3.05) is 12.3 Å². The standard InChI is InChI=1S/C12H19N4O10P3S.ClH/c1-8-11(30-7-16(8)6-10-5-14-9(2)15-12(10)13)3-4-24-28(20,21)26-29(22,23)25-27(17,18)19;/h5,7H,3-4,6H2,1-2H3,(H5-,13,14,15,17,18,19,20,21,22,23);1H. The van der Waals surface area contributed by atoms with E-state index < -0.39 is 23.5 Å². The van der Waals surface area contributed by atoms with E-state index >= 15 is 0 Å². The highest BCUT2D eigenvalue weighted by atomic mass is 35.5. The summed E-state index contributed by atoms with van der Waals surface area (Å²) in [6.45, 7) is 3.55. The molecule has 0 bridgehead atoms. The first-order valence-electron chi connectivity index (χ1n) is 8.00. The fraction of sp³-hybridized carbons (Fsp3) is 0.417. The van der Waals surface area contributed by atoms with Crippen molar-refractivity contribution in [3.63, 3.8) is 0 Å². The average molecular weight is 541 g/mol. The van der Waals surface area contributed by atoms with Crippen molar-refractivity contribution in [2.45, 2.75) is 26.8 Å². The lowest BCUT2D eigenvalue weighted by Gasteiger charge is -2.15. The van der Waals surface area contributed by atoms with Gasteiger partial charge in [0.2, 0.25) is 5.51 Å². The highest BCUT2D eigenvalue weighted by molar-refractivity contribution is 7.66. The van der Waals surface area contributed by atoms with Crippen molar-refractivity contribution in [1.29, 1.82) is 0 Å². The molecule has 0 radical (unpaired) electrons. The van der Waals surface area contributed by atoms with Gasteiger partial charge in [0.15, 0.2) is 12.2 Å². The number of phosphoric ester groups is 1. The van der Waals surface area contributed by atoms with Crippen LogP contribution in [0.5, 0.6) is 0 Å². The van der Waals surface area contributed by atoms with Gasteiger partial charge in [0.25, 0.3) is 0 Å². The Morgan fingerprint density at radius 3 is 2.35 bits per heavy atom. The molecule has 31 heavy (non-hydrogen) atoms. The molecule has 14 nitrogen and oxygen atoms in total. The lowest BCUT2D eigenvalue weighted by Crippen LogP contribution is -3.00. The minimum Gasteiger partial charge on any atom is -1.00 e. The number of thiazole rings is 1. The van der Waals surface area contributed by atoms with Crippen LogP contribution in [-0.2, 0) is 39.8 Å². The molecular formula is C12H20ClN4O10P3S. The lowest BCUT2D eigenvalue weighted by atomic mass is 10.2. The summed E-state index contributed by atoms with van der Waals surface area (Å²) >= 11 is 1.33. The fourth-order valence-corrected chi connectivity index (χ4v) is 6.21. The van der Waals surface area contributed by atoms with E-state index in [-0.39, 0.29) is 25.4 Å². The predicted molar refractivity (Wildman–Crippen MR) is 103 cm³/mol. The Labute approximate surface area is 186 Å². The highest BCUT2D eigenvalue weighted by Gasteiger charge is 2.40. The maximum atomic E-state index is 11.7. The minimum atomic E-state index is -5.53. The zero-order valence-electron chi connectivity index (χ0n) is 16.1. The Balaban J connectivity index is 0.00000480. The topological polar surface area (TPSA) is 216 Å². The van der Waals surface area contributed by atoms with Crippen LogP contribution in [0.3, 0.4) is 0 Å². The molecule has 2 heterocycles. The summed E-state index contributed by atoms with van der Waals surface area (Å²) in [5.74, 6) is 0.908. The van der Waals surface area contributed by atoms with Gasteiger partial charge < -0.3 is 37.7 Å². The van der Waals surface area contributed by atoms with Crippen LogP contribution in [0, 0.1) is 13.8 Å². The maximum absolute atomic E-state index is 11.7. The molecule has 0 amide bonds. The number of anilines is 1. The number of hydrogen-bond donors (Lipinski definition) is 5. The normalized spacial score (nSPS) is 15.7. The van der Waals surface area contributed by atoms with Gasteiger partial charge in [-0.25, -0.2) is 23.7 Å². The Kier molecular flexibility index (Phi) is 9.92. The van der Waals surface area contributed by atoms with E-state index in [9.17, 15) is 18.6 Å². The zero-order valence-corrected chi connectivity index (χ0v) is 20.3. The van der Waals surface area contributed by atoms with Crippen molar-refractivity contribution in [1.82, 2.24) is 9.97 Å². The van der Waals surface area contributed by atoms with E-state index in [0.717, 1.165) is 10.6 Å². The van der Waals surface area contributed by atoms with Crippen molar-refractivity contribution < 1.29 is 63.4 Å². The van der Waals surface area contributed by atoms with E-state index in [1.54, 1.807) is 18.6 Å². The summed E-state index contributed by atoms with van der Waals surface area (Å²) in [5, 5.41) is 0. The summed E-state index contributed by atoms with van der Waals surface area (Å²) in [6.07, 6.45) is 1.77. The summed E-state index contributed by atoms with van der Waals surface area (Å²) in [6, 6.07) is 0. The Bertz CT molecular complexity index is 1060. The van der Waals surface area contributed by atoms with Crippen molar-refractivity contribution in [3.8, 4) is 0 Å². The number of hydrogen-bond acceptors (Lipinski definition) is 10. The first-order valence-corrected chi connectivity index (χ1v) is 13.4. The van der Waals surface area contributed by atoms with Gasteiger partial charge in [-0.1, -0.05) is 11.3 Å². The number of halogens is 1. The molecule has 6 N–H and O–H groups in total. The van der Waals surface area contributed by atoms with Gasteiger partial charge in [-0.3, -0.25) is 4.52 Å². The van der Waals surface area contributed by atoms with Crippen LogP contribution in [-0.4, -0.2) is 36.1 Å². The fourth-order valence-electron chi connectivity index (χ4n) is 2.22. The number of nitrogens with zero attached hydrogens (tertiary/aromatic N) is 3. The third-order valence-electron chi connectivity index (χ3n) is 3.52. The molecule has 0 saturated heterocycles. The van der Waals surface area contributed by atoms with Crippen LogP contribution in [0.15, 0.2) is 11.7 Å². The molecule has 2 aromatic rings. The molecule has 2 atom stereocenters. The SMILES string of the molecule is Cc1ncc(C[n+]2csc(CCOP(=O)(O)OP(=O)(O)OP(=O)(O)O)c2C)c(N)n1.[Cl-]. The van der Waals surface area contributed by atoms with Gasteiger partial charge in [0.1, 0.15) is 11.6 Å². The number of aromatic nitrogens is 3. The second-order valence-electron chi connectivity index (χ2n) is 5.86. The molecule has 0 aliphatic carbocycles. The molecule has 2 aromatic heterocycles. The predicted octanol–water partition coefficient (Wildman–Crippen LogP) is -2.04. The molecule has 2 rings (SSSR count). The number of rotatable bonds is 10. The van der Waals surface area contributed by atoms with Crippen molar-refractivity contribution >= 4 is 40.6 Å². The summed E-state index contributed by atoms with van der Waals surface area (Å²) in [7, 11) is -16.1. The molecule has 19 heteroatoms. The van der Waals surface area contributed by atoms with Crippen LogP contribution >= 0.6 is 34.8 Å². The second kappa shape index (κ2) is 10.9. The molecule has 0 spiro atoms. The third kappa shape index (κ3) is 9.30. The molecule has 176 valence electrons. The molecule has 0 fully saturated rings. The minimum absolute atomic E-state index is 0. The summed E-state index contributed by atoms with van der Waals surface area (Å²) < 4.78 is 47.4. The molecule has 0 aliphatic rings. The van der Waals surface area contributed by atoms with Crippen LogP contribution < -0.4 is 22.7 Å². The zero-order chi connectivity index (χ0) is 22.7. The van der Waals surface area contributed by atoms with E-state index in [4.69, 9.17) is 20.4 Å². The first-order chi connectivity index (χ1) is 13.7. The van der Waals surface area contributed by atoms with E-state index in [2.05, 4.69) is 23.1 Å². The quantitative estimate of drug-likeness (QED) is 0.162. The van der Waals surface area contributed by atoms with E-state index in [1.807, 2.05) is 11.5 Å². The van der Waals surface area contributed by atoms with Gasteiger partial charge in [-0.2, -0.15) is 13.2 Å². The van der Waals surface area contributed by atoms with Gasteiger partial charge in [-0.05, 0) is 6.92 Å². The summed E-state index contributed by atoms with van der Waals surface area (Å²) in [5.41, 5.74) is 9.22. The largest absolute Gasteiger partial charge is 1.00 e. The van der Waals surface area contributed by atoms with Gasteiger partial charge >= 0.3 is 23.5 Å². The van der Waals surface area contributed by atoms with Crippen LogP contribution in [0.25, 0.3) is 0 Å². The highest BCUT2D eigenvalue weighted by Crippen LogP contribution is 2.66. The van der Waals surface area contributed by atoms with Crippen LogP contribution in [0.2, 0.25) is 0 Å².